The standard InChI is InChI=1S/C33H31FN4O5S/c1-21-26(33(42)38(20-39)29-11-12-31(40)36-32(29)41)3-2-4-30(21)43-19-22-5-8-24(9-6-22)44-25-13-15-37(16-14-25)28-10-7-23(18-35)17-27(28)34/h2-10,17,20,25,29H,11-16,19H2,1H3,(H,36,40,41). The lowest BCUT2D eigenvalue weighted by atomic mass is 10.0. The number of rotatable bonds is 9. The van der Waals surface area contributed by atoms with Crippen molar-refractivity contribution in [1.29, 1.82) is 5.26 Å². The van der Waals surface area contributed by atoms with Gasteiger partial charge in [-0.2, -0.15) is 5.26 Å². The molecule has 2 aliphatic rings. The van der Waals surface area contributed by atoms with Gasteiger partial charge in [-0.3, -0.25) is 29.4 Å². The number of carbonyl (C=O) groups is 4. The smallest absolute Gasteiger partial charge is 0.261 e. The molecule has 0 radical (unpaired) electrons. The van der Waals surface area contributed by atoms with Crippen LogP contribution >= 0.6 is 11.8 Å². The quantitative estimate of drug-likeness (QED) is 0.271. The number of nitrogens with one attached hydrogen (secondary N) is 1. The first-order valence-electron chi connectivity index (χ1n) is 14.3. The fourth-order valence-electron chi connectivity index (χ4n) is 5.42. The van der Waals surface area contributed by atoms with Crippen molar-refractivity contribution in [2.75, 3.05) is 18.0 Å². The lowest BCUT2D eigenvalue weighted by Crippen LogP contribution is -2.53. The summed E-state index contributed by atoms with van der Waals surface area (Å²) in [4.78, 5) is 52.7. The Morgan fingerprint density at radius 3 is 2.55 bits per heavy atom. The van der Waals surface area contributed by atoms with Crippen molar-refractivity contribution in [3.05, 3.63) is 88.7 Å². The highest BCUT2D eigenvalue weighted by Gasteiger charge is 2.35. The number of amides is 4. The van der Waals surface area contributed by atoms with Gasteiger partial charge < -0.3 is 9.64 Å². The average Bonchev–Trinajstić information content (AvgIpc) is 3.03. The Kier molecular flexibility index (Phi) is 9.60. The highest BCUT2D eigenvalue weighted by Crippen LogP contribution is 2.33. The van der Waals surface area contributed by atoms with Crippen LogP contribution in [0.2, 0.25) is 0 Å². The average molecular weight is 615 g/mol. The van der Waals surface area contributed by atoms with E-state index in [1.54, 1.807) is 49.0 Å². The maximum Gasteiger partial charge on any atom is 0.261 e. The fraction of sp³-hybridized carbons (Fsp3) is 0.303. The van der Waals surface area contributed by atoms with Gasteiger partial charge in [0.1, 0.15) is 24.2 Å². The van der Waals surface area contributed by atoms with Gasteiger partial charge in [0.2, 0.25) is 18.2 Å². The molecule has 11 heteroatoms. The van der Waals surface area contributed by atoms with Crippen LogP contribution in [-0.4, -0.2) is 53.4 Å². The number of anilines is 1. The lowest BCUT2D eigenvalue weighted by molar-refractivity contribution is -0.139. The minimum Gasteiger partial charge on any atom is -0.489 e. The minimum absolute atomic E-state index is 0.0494. The number of hydrogen-bond acceptors (Lipinski definition) is 8. The van der Waals surface area contributed by atoms with Gasteiger partial charge in [0, 0.05) is 40.8 Å². The van der Waals surface area contributed by atoms with E-state index in [0.717, 1.165) is 41.3 Å². The first-order valence-corrected chi connectivity index (χ1v) is 15.2. The number of imide groups is 2. The first-order chi connectivity index (χ1) is 21.3. The summed E-state index contributed by atoms with van der Waals surface area (Å²) in [6.45, 7) is 3.47. The molecule has 2 heterocycles. The van der Waals surface area contributed by atoms with Gasteiger partial charge in [0.05, 0.1) is 17.3 Å². The number of carbonyl (C=O) groups excluding carboxylic acids is 4. The van der Waals surface area contributed by atoms with Crippen LogP contribution in [0.1, 0.15) is 52.7 Å². The zero-order chi connectivity index (χ0) is 31.2. The number of hydrogen-bond donors (Lipinski definition) is 1. The van der Waals surface area contributed by atoms with Crippen LogP contribution in [0.5, 0.6) is 5.75 Å². The number of halogens is 1. The highest BCUT2D eigenvalue weighted by molar-refractivity contribution is 8.00. The number of nitriles is 1. The Morgan fingerprint density at radius 1 is 1.14 bits per heavy atom. The summed E-state index contributed by atoms with van der Waals surface area (Å²) >= 11 is 1.80. The number of ether oxygens (including phenoxy) is 1. The van der Waals surface area contributed by atoms with E-state index in [9.17, 15) is 23.6 Å². The van der Waals surface area contributed by atoms with Crippen LogP contribution in [0.15, 0.2) is 65.6 Å². The molecule has 0 saturated carbocycles. The van der Waals surface area contributed by atoms with Gasteiger partial charge in [-0.15, -0.1) is 11.8 Å². The second-order valence-electron chi connectivity index (χ2n) is 10.7. The molecule has 0 aromatic heterocycles. The molecule has 226 valence electrons. The molecule has 2 fully saturated rings. The minimum atomic E-state index is -1.05. The van der Waals surface area contributed by atoms with Crippen molar-refractivity contribution in [1.82, 2.24) is 10.2 Å². The zero-order valence-corrected chi connectivity index (χ0v) is 24.9. The Balaban J connectivity index is 1.15. The third-order valence-electron chi connectivity index (χ3n) is 7.89. The van der Waals surface area contributed by atoms with Crippen LogP contribution in [0.3, 0.4) is 0 Å². The second-order valence-corrected chi connectivity index (χ2v) is 12.1. The summed E-state index contributed by atoms with van der Waals surface area (Å²) in [6, 6.07) is 18.6. The maximum atomic E-state index is 14.4. The molecule has 1 unspecified atom stereocenters. The van der Waals surface area contributed by atoms with Gasteiger partial charge in [0.15, 0.2) is 0 Å². The SMILES string of the molecule is Cc1c(OCc2ccc(SC3CCN(c4ccc(C#N)cc4F)CC3)cc2)cccc1C(=O)N(C=O)C1CCC(=O)NC1=O. The van der Waals surface area contributed by atoms with Crippen LogP contribution < -0.4 is 15.0 Å². The molecular formula is C33H31FN4O5S. The van der Waals surface area contributed by atoms with E-state index in [1.165, 1.54) is 6.07 Å². The third-order valence-corrected chi connectivity index (χ3v) is 9.24. The molecule has 3 aromatic rings. The molecule has 2 aliphatic heterocycles. The summed E-state index contributed by atoms with van der Waals surface area (Å²) in [5.41, 5.74) is 2.57. The summed E-state index contributed by atoms with van der Waals surface area (Å²) in [6.07, 6.45) is 2.28. The number of thioether (sulfide) groups is 1. The molecule has 0 aliphatic carbocycles. The summed E-state index contributed by atoms with van der Waals surface area (Å²) in [7, 11) is 0. The van der Waals surface area contributed by atoms with E-state index in [2.05, 4.69) is 5.32 Å². The van der Waals surface area contributed by atoms with Crippen molar-refractivity contribution in [2.24, 2.45) is 0 Å². The number of nitrogens with zero attached hydrogens (tertiary/aromatic N) is 3. The Bertz CT molecular complexity index is 1620. The van der Waals surface area contributed by atoms with E-state index < -0.39 is 23.8 Å². The Labute approximate surface area is 259 Å². The summed E-state index contributed by atoms with van der Waals surface area (Å²) in [5.74, 6) is -1.61. The predicted molar refractivity (Wildman–Crippen MR) is 163 cm³/mol. The lowest BCUT2D eigenvalue weighted by Gasteiger charge is -2.33. The first kappa shape index (κ1) is 30.8. The molecule has 2 saturated heterocycles. The highest BCUT2D eigenvalue weighted by atomic mass is 32.2. The van der Waals surface area contributed by atoms with E-state index in [0.29, 0.717) is 34.2 Å². The normalized spacial score (nSPS) is 17.0. The molecule has 0 bridgehead atoms. The van der Waals surface area contributed by atoms with Crippen molar-refractivity contribution in [3.63, 3.8) is 0 Å². The number of benzene rings is 3. The Hall–Kier alpha value is -4.69. The molecular weight excluding hydrogens is 583 g/mol. The fourth-order valence-corrected chi connectivity index (χ4v) is 6.54. The van der Waals surface area contributed by atoms with Crippen molar-refractivity contribution in [2.45, 2.75) is 55.4 Å². The van der Waals surface area contributed by atoms with Crippen LogP contribution in [-0.2, 0) is 21.0 Å². The molecule has 3 aromatic carbocycles. The topological polar surface area (TPSA) is 120 Å². The van der Waals surface area contributed by atoms with Gasteiger partial charge in [-0.05, 0) is 74.2 Å². The van der Waals surface area contributed by atoms with Gasteiger partial charge in [0.25, 0.3) is 5.91 Å². The van der Waals surface area contributed by atoms with E-state index in [-0.39, 0.29) is 30.8 Å². The largest absolute Gasteiger partial charge is 0.489 e. The van der Waals surface area contributed by atoms with Gasteiger partial charge in [-0.25, -0.2) is 4.39 Å². The van der Waals surface area contributed by atoms with E-state index in [4.69, 9.17) is 10.00 Å². The predicted octanol–water partition coefficient (Wildman–Crippen LogP) is 4.75. The van der Waals surface area contributed by atoms with Crippen molar-refractivity contribution in [3.8, 4) is 11.8 Å². The maximum absolute atomic E-state index is 14.4. The molecule has 9 nitrogen and oxygen atoms in total. The van der Waals surface area contributed by atoms with Crippen LogP contribution in [0.4, 0.5) is 10.1 Å². The molecule has 5 rings (SSSR count). The summed E-state index contributed by atoms with van der Waals surface area (Å²) < 4.78 is 20.5. The Morgan fingerprint density at radius 2 is 1.89 bits per heavy atom. The van der Waals surface area contributed by atoms with Crippen LogP contribution in [0, 0.1) is 24.1 Å². The van der Waals surface area contributed by atoms with E-state index in [1.807, 2.05) is 35.2 Å². The molecule has 1 atom stereocenters. The molecule has 1 N–H and O–H groups in total. The second kappa shape index (κ2) is 13.7. The molecule has 4 amide bonds. The van der Waals surface area contributed by atoms with E-state index >= 15 is 0 Å². The van der Waals surface area contributed by atoms with Gasteiger partial charge in [-0.1, -0.05) is 18.2 Å². The van der Waals surface area contributed by atoms with Crippen molar-refractivity contribution >= 4 is 41.6 Å². The summed E-state index contributed by atoms with van der Waals surface area (Å²) in [5, 5.41) is 11.6. The van der Waals surface area contributed by atoms with Crippen LogP contribution in [0.25, 0.3) is 0 Å². The van der Waals surface area contributed by atoms with Gasteiger partial charge >= 0.3 is 0 Å². The number of piperidine rings is 2. The monoisotopic (exact) mass is 614 g/mol. The third kappa shape index (κ3) is 6.92. The molecule has 0 spiro atoms. The zero-order valence-electron chi connectivity index (χ0n) is 24.1. The van der Waals surface area contributed by atoms with Crippen molar-refractivity contribution < 1.29 is 28.3 Å². The molecule has 44 heavy (non-hydrogen) atoms.